The van der Waals surface area contributed by atoms with Crippen molar-refractivity contribution in [3.8, 4) is 11.8 Å². The Balaban J connectivity index is 1.62. The standard InChI is InChI=1S/C23H23ClN6O/c1-3-17-20(24)19-21(27-17)29(2)23(28-22(19)30-12-15(25)13-30)31-16-8-9-18-14(11-16)7-5-4-6-10-26-18/h4-11,15H,3,12-13,25H2,1-2H3/p+1. The van der Waals surface area contributed by atoms with Crippen LogP contribution in [-0.2, 0) is 13.5 Å². The largest absolute Gasteiger partial charge is 0.441 e. The highest BCUT2D eigenvalue weighted by Crippen LogP contribution is 2.36. The summed E-state index contributed by atoms with van der Waals surface area (Å²) >= 11 is 6.71. The fraction of sp³-hybridized carbons (Fsp3) is 0.261. The van der Waals surface area contributed by atoms with Gasteiger partial charge in [0.05, 0.1) is 23.1 Å². The van der Waals surface area contributed by atoms with Gasteiger partial charge in [0, 0.05) is 37.0 Å². The van der Waals surface area contributed by atoms with Crippen LogP contribution in [0.4, 0.5) is 5.82 Å². The minimum absolute atomic E-state index is 0.147. The number of H-pyrrole nitrogens is 1. The number of anilines is 1. The molecule has 31 heavy (non-hydrogen) atoms. The van der Waals surface area contributed by atoms with E-state index in [0.29, 0.717) is 16.8 Å². The van der Waals surface area contributed by atoms with Gasteiger partial charge in [-0.2, -0.15) is 4.57 Å². The van der Waals surface area contributed by atoms with E-state index in [-0.39, 0.29) is 6.04 Å². The predicted molar refractivity (Wildman–Crippen MR) is 122 cm³/mol. The van der Waals surface area contributed by atoms with Gasteiger partial charge in [0.1, 0.15) is 11.1 Å². The van der Waals surface area contributed by atoms with Gasteiger partial charge in [-0.05, 0) is 29.3 Å². The Morgan fingerprint density at radius 2 is 2.13 bits per heavy atom. The maximum absolute atomic E-state index is 6.71. The van der Waals surface area contributed by atoms with E-state index in [9.17, 15) is 0 Å². The number of aromatic amines is 1. The zero-order chi connectivity index (χ0) is 21.5. The smallest absolute Gasteiger partial charge is 0.401 e. The van der Waals surface area contributed by atoms with Gasteiger partial charge in [-0.1, -0.05) is 36.8 Å². The second-order valence-corrected chi connectivity index (χ2v) is 8.16. The molecule has 1 saturated heterocycles. The summed E-state index contributed by atoms with van der Waals surface area (Å²) in [5, 5.41) is 3.48. The van der Waals surface area contributed by atoms with Crippen molar-refractivity contribution < 1.29 is 9.30 Å². The number of rotatable bonds is 4. The third-order valence-corrected chi connectivity index (χ3v) is 6.02. The Labute approximate surface area is 184 Å². The van der Waals surface area contributed by atoms with Crippen LogP contribution in [0.15, 0.2) is 47.6 Å². The van der Waals surface area contributed by atoms with Crippen molar-refractivity contribution in [2.75, 3.05) is 18.0 Å². The van der Waals surface area contributed by atoms with Crippen LogP contribution in [0.3, 0.4) is 0 Å². The van der Waals surface area contributed by atoms with Crippen molar-refractivity contribution in [1.82, 2.24) is 9.97 Å². The Hall–Kier alpha value is -3.16. The van der Waals surface area contributed by atoms with Crippen LogP contribution in [0.5, 0.6) is 11.8 Å². The van der Waals surface area contributed by atoms with E-state index in [4.69, 9.17) is 27.1 Å². The second kappa shape index (κ2) is 7.83. The molecule has 2 aliphatic rings. The number of hydrogen-bond donors (Lipinski definition) is 2. The number of halogens is 1. The van der Waals surface area contributed by atoms with Gasteiger partial charge in [-0.25, -0.2) is 0 Å². The number of nitrogens with zero attached hydrogens (tertiary/aromatic N) is 4. The summed E-state index contributed by atoms with van der Waals surface area (Å²) in [6, 6.07) is 6.43. The molecule has 0 spiro atoms. The summed E-state index contributed by atoms with van der Waals surface area (Å²) in [6.45, 7) is 3.56. The fourth-order valence-corrected chi connectivity index (χ4v) is 4.24. The molecule has 0 atom stereocenters. The lowest BCUT2D eigenvalue weighted by Crippen LogP contribution is -2.56. The molecule has 0 radical (unpaired) electrons. The van der Waals surface area contributed by atoms with E-state index < -0.39 is 0 Å². The van der Waals surface area contributed by atoms with Gasteiger partial charge in [0.15, 0.2) is 0 Å². The van der Waals surface area contributed by atoms with E-state index in [2.05, 4.69) is 21.8 Å². The van der Waals surface area contributed by atoms with Gasteiger partial charge < -0.3 is 15.4 Å². The topological polar surface area (TPSA) is 83.4 Å². The Morgan fingerprint density at radius 1 is 1.29 bits per heavy atom. The van der Waals surface area contributed by atoms with Crippen molar-refractivity contribution in [1.29, 1.82) is 0 Å². The number of nitrogens with two attached hydrogens (primary N) is 1. The highest BCUT2D eigenvalue weighted by atomic mass is 35.5. The molecule has 158 valence electrons. The molecule has 0 amide bonds. The Kier molecular flexibility index (Phi) is 5.00. The van der Waals surface area contributed by atoms with Gasteiger partial charge in [-0.15, -0.1) is 0 Å². The van der Waals surface area contributed by atoms with Gasteiger partial charge in [0.2, 0.25) is 11.5 Å². The zero-order valence-corrected chi connectivity index (χ0v) is 18.2. The van der Waals surface area contributed by atoms with Crippen LogP contribution in [0.25, 0.3) is 17.1 Å². The molecule has 4 heterocycles. The number of hydrogen-bond acceptors (Lipinski definition) is 5. The monoisotopic (exact) mass is 435 g/mol. The highest BCUT2D eigenvalue weighted by molar-refractivity contribution is 6.37. The summed E-state index contributed by atoms with van der Waals surface area (Å²) in [7, 11) is 1.92. The molecule has 8 heteroatoms. The summed E-state index contributed by atoms with van der Waals surface area (Å²) in [5.74, 6) is 1.48. The summed E-state index contributed by atoms with van der Waals surface area (Å²) < 4.78 is 8.15. The maximum Gasteiger partial charge on any atom is 0.441 e. The first-order valence-corrected chi connectivity index (χ1v) is 10.7. The SMILES string of the molecule is CCc1[nH]c2c(c(N3CC(N)C3)nc(Oc3ccc4c(c3)=CC=CC=CN=4)[n+]2C)c1Cl. The van der Waals surface area contributed by atoms with Crippen molar-refractivity contribution in [2.45, 2.75) is 19.4 Å². The molecule has 2 aromatic heterocycles. The average Bonchev–Trinajstić information content (AvgIpc) is 3.06. The van der Waals surface area contributed by atoms with Crippen LogP contribution in [-0.4, -0.2) is 29.1 Å². The quantitative estimate of drug-likeness (QED) is 0.614. The molecule has 0 aliphatic carbocycles. The molecular formula is C23H24ClN6O+. The number of benzene rings is 1. The third-order valence-electron chi connectivity index (χ3n) is 5.61. The Morgan fingerprint density at radius 3 is 2.90 bits per heavy atom. The normalized spacial score (nSPS) is 15.7. The van der Waals surface area contributed by atoms with Crippen molar-refractivity contribution >= 4 is 34.5 Å². The molecule has 5 rings (SSSR count). The van der Waals surface area contributed by atoms with Crippen molar-refractivity contribution in [3.05, 3.63) is 63.9 Å². The molecular weight excluding hydrogens is 412 g/mol. The van der Waals surface area contributed by atoms with Crippen LogP contribution < -0.4 is 30.5 Å². The molecule has 0 saturated carbocycles. The number of allylic oxidation sites excluding steroid dienone is 3. The van der Waals surface area contributed by atoms with E-state index in [1.54, 1.807) is 6.20 Å². The van der Waals surface area contributed by atoms with E-state index >= 15 is 0 Å². The van der Waals surface area contributed by atoms with Crippen LogP contribution in [0.1, 0.15) is 12.6 Å². The first kappa shape index (κ1) is 19.8. The van der Waals surface area contributed by atoms with E-state index in [1.807, 2.05) is 54.1 Å². The number of fused-ring (bicyclic) bond motifs is 2. The number of aryl methyl sites for hydroxylation is 2. The molecule has 2 aliphatic heterocycles. The highest BCUT2D eigenvalue weighted by Gasteiger charge is 2.34. The van der Waals surface area contributed by atoms with Crippen molar-refractivity contribution in [3.63, 3.8) is 0 Å². The molecule has 1 aromatic carbocycles. The minimum Gasteiger partial charge on any atom is -0.401 e. The number of ether oxygens (including phenoxy) is 1. The lowest BCUT2D eigenvalue weighted by molar-refractivity contribution is -0.654. The summed E-state index contributed by atoms with van der Waals surface area (Å²) in [4.78, 5) is 14.9. The fourth-order valence-electron chi connectivity index (χ4n) is 3.89. The van der Waals surface area contributed by atoms with Crippen LogP contribution in [0.2, 0.25) is 5.02 Å². The van der Waals surface area contributed by atoms with Gasteiger partial charge >= 0.3 is 6.01 Å². The summed E-state index contributed by atoms with van der Waals surface area (Å²) in [5.41, 5.74) is 7.89. The van der Waals surface area contributed by atoms with E-state index in [1.165, 1.54) is 0 Å². The zero-order valence-electron chi connectivity index (χ0n) is 17.5. The van der Waals surface area contributed by atoms with Gasteiger partial charge in [-0.3, -0.25) is 9.98 Å². The molecule has 3 aromatic rings. The molecule has 1 fully saturated rings. The molecule has 7 nitrogen and oxygen atoms in total. The average molecular weight is 436 g/mol. The third kappa shape index (κ3) is 3.49. The predicted octanol–water partition coefficient (Wildman–Crippen LogP) is 2.03. The first-order chi connectivity index (χ1) is 15.0. The Bertz CT molecular complexity index is 1350. The minimum atomic E-state index is 0.147. The number of nitrogens with one attached hydrogen (secondary N) is 1. The van der Waals surface area contributed by atoms with E-state index in [0.717, 1.165) is 52.6 Å². The molecule has 3 N–H and O–H groups in total. The van der Waals surface area contributed by atoms with Crippen LogP contribution in [0, 0.1) is 0 Å². The van der Waals surface area contributed by atoms with Gasteiger partial charge in [0.25, 0.3) is 0 Å². The number of aromatic nitrogens is 3. The second-order valence-electron chi connectivity index (χ2n) is 7.78. The molecule has 0 unspecified atom stereocenters. The molecule has 0 bridgehead atoms. The summed E-state index contributed by atoms with van der Waals surface area (Å²) in [6.07, 6.45) is 10.4. The lowest BCUT2D eigenvalue weighted by Gasteiger charge is -2.36. The van der Waals surface area contributed by atoms with Crippen molar-refractivity contribution in [2.24, 2.45) is 17.8 Å². The first-order valence-electron chi connectivity index (χ1n) is 10.3. The van der Waals surface area contributed by atoms with Crippen LogP contribution >= 0.6 is 11.6 Å². The maximum atomic E-state index is 6.71. The lowest BCUT2D eigenvalue weighted by atomic mass is 10.1.